The molecule has 0 fully saturated rings. The van der Waals surface area contributed by atoms with E-state index in [1.54, 1.807) is 7.11 Å². The third-order valence-corrected chi connectivity index (χ3v) is 7.13. The van der Waals surface area contributed by atoms with Crippen molar-refractivity contribution >= 4 is 46.2 Å². The van der Waals surface area contributed by atoms with E-state index < -0.39 is 6.04 Å². The van der Waals surface area contributed by atoms with Gasteiger partial charge in [-0.05, 0) is 49.6 Å². The van der Waals surface area contributed by atoms with Crippen molar-refractivity contribution in [1.29, 1.82) is 0 Å². The van der Waals surface area contributed by atoms with Gasteiger partial charge in [-0.2, -0.15) is 0 Å². The highest BCUT2D eigenvalue weighted by atomic mass is 32.2. The van der Waals surface area contributed by atoms with Crippen molar-refractivity contribution in [2.45, 2.75) is 51.7 Å². The maximum absolute atomic E-state index is 13.4. The van der Waals surface area contributed by atoms with Crippen molar-refractivity contribution in [2.75, 3.05) is 12.9 Å². The second-order valence-electron chi connectivity index (χ2n) is 8.88. The van der Waals surface area contributed by atoms with Crippen molar-refractivity contribution in [3.05, 3.63) is 59.7 Å². The molecule has 0 saturated heterocycles. The molecule has 2 aliphatic rings. The quantitative estimate of drug-likeness (QED) is 0.498. The number of benzene rings is 2. The number of aliphatic imine (C=N–C) groups is 2. The van der Waals surface area contributed by atoms with Gasteiger partial charge in [0.15, 0.2) is 5.17 Å². The lowest BCUT2D eigenvalue weighted by atomic mass is 10.1. The highest BCUT2D eigenvalue weighted by Crippen LogP contribution is 2.34. The number of nitrogens with zero attached hydrogens (tertiary/aromatic N) is 3. The lowest BCUT2D eigenvalue weighted by Gasteiger charge is -2.25. The van der Waals surface area contributed by atoms with E-state index in [1.807, 2.05) is 62.4 Å². The van der Waals surface area contributed by atoms with Crippen LogP contribution >= 0.6 is 11.8 Å². The molecule has 3 amide bonds. The summed E-state index contributed by atoms with van der Waals surface area (Å²) in [6.45, 7) is 4.34. The van der Waals surface area contributed by atoms with Crippen molar-refractivity contribution < 1.29 is 19.1 Å². The van der Waals surface area contributed by atoms with Crippen LogP contribution in [0.15, 0.2) is 58.5 Å². The summed E-state index contributed by atoms with van der Waals surface area (Å²) in [5, 5.41) is 6.25. The van der Waals surface area contributed by atoms with Crippen LogP contribution in [0.4, 0.5) is 5.69 Å². The number of carbonyl (C=O) groups excluding carboxylic acids is 3. The average Bonchev–Trinajstić information content (AvgIpc) is 3.26. The molecule has 0 unspecified atom stereocenters. The Morgan fingerprint density at radius 2 is 1.89 bits per heavy atom. The number of fused-ring (bicyclic) bond motifs is 3. The molecule has 4 rings (SSSR count). The molecule has 0 aliphatic carbocycles. The standard InChI is InChI=1S/C27H31N5O4S/c1-4-17(2)29-24(34)16-37-27-31-21-8-6-5-7-20(21)25-30-22(26(35)32(25)27)13-14-23(33)28-15-18-9-11-19(36-3)12-10-18/h5-12,17,22H,4,13-16H2,1-3H3,(H,28,33)(H,29,34)/t17-,22-/m1/s1. The summed E-state index contributed by atoms with van der Waals surface area (Å²) in [4.78, 5) is 49.0. The van der Waals surface area contributed by atoms with Crippen LogP contribution in [0.3, 0.4) is 0 Å². The molecule has 2 atom stereocenters. The molecule has 0 spiro atoms. The molecule has 37 heavy (non-hydrogen) atoms. The van der Waals surface area contributed by atoms with Gasteiger partial charge in [0, 0.05) is 24.6 Å². The number of para-hydroxylation sites is 1. The summed E-state index contributed by atoms with van der Waals surface area (Å²) in [5.74, 6) is 0.908. The van der Waals surface area contributed by atoms with Gasteiger partial charge in [0.25, 0.3) is 5.91 Å². The maximum atomic E-state index is 13.4. The van der Waals surface area contributed by atoms with Crippen LogP contribution in [0.25, 0.3) is 0 Å². The molecule has 2 heterocycles. The van der Waals surface area contributed by atoms with E-state index in [1.165, 1.54) is 16.7 Å². The second kappa shape index (κ2) is 12.1. The molecule has 2 N–H and O–H groups in total. The minimum atomic E-state index is -0.687. The Balaban J connectivity index is 1.39. The molecule has 0 radical (unpaired) electrons. The number of rotatable bonds is 10. The van der Waals surface area contributed by atoms with Crippen LogP contribution in [0, 0.1) is 0 Å². The molecule has 194 valence electrons. The molecular formula is C27H31N5O4S. The SMILES string of the molecule is CC[C@@H](C)NC(=O)CSC1=Nc2ccccc2C2=N[C@H](CCC(=O)NCc3ccc(OC)cc3)C(=O)N12. The third-order valence-electron chi connectivity index (χ3n) is 6.19. The maximum Gasteiger partial charge on any atom is 0.259 e. The molecule has 0 saturated carbocycles. The smallest absolute Gasteiger partial charge is 0.259 e. The van der Waals surface area contributed by atoms with Crippen LogP contribution < -0.4 is 15.4 Å². The largest absolute Gasteiger partial charge is 0.497 e. The fourth-order valence-corrected chi connectivity index (χ4v) is 4.75. The van der Waals surface area contributed by atoms with E-state index in [0.717, 1.165) is 23.3 Å². The fourth-order valence-electron chi connectivity index (χ4n) is 3.94. The minimum Gasteiger partial charge on any atom is -0.497 e. The van der Waals surface area contributed by atoms with Gasteiger partial charge in [0.1, 0.15) is 17.6 Å². The lowest BCUT2D eigenvalue weighted by molar-refractivity contribution is -0.125. The summed E-state index contributed by atoms with van der Waals surface area (Å²) in [5.41, 5.74) is 2.42. The zero-order chi connectivity index (χ0) is 26.4. The topological polar surface area (TPSA) is 112 Å². The predicted octanol–water partition coefficient (Wildman–Crippen LogP) is 3.40. The normalized spacial score (nSPS) is 16.8. The van der Waals surface area contributed by atoms with Gasteiger partial charge in [-0.3, -0.25) is 19.4 Å². The Morgan fingerprint density at radius 3 is 2.62 bits per heavy atom. The summed E-state index contributed by atoms with van der Waals surface area (Å²) >= 11 is 1.21. The van der Waals surface area contributed by atoms with E-state index in [4.69, 9.17) is 4.74 Å². The predicted molar refractivity (Wildman–Crippen MR) is 145 cm³/mol. The number of hydrogen-bond acceptors (Lipinski definition) is 7. The molecular weight excluding hydrogens is 490 g/mol. The van der Waals surface area contributed by atoms with Crippen LogP contribution in [0.1, 0.15) is 44.2 Å². The van der Waals surface area contributed by atoms with E-state index >= 15 is 0 Å². The number of methoxy groups -OCH3 is 1. The van der Waals surface area contributed by atoms with Crippen molar-refractivity contribution in [2.24, 2.45) is 9.98 Å². The molecule has 9 nitrogen and oxygen atoms in total. The Morgan fingerprint density at radius 1 is 1.14 bits per heavy atom. The van der Waals surface area contributed by atoms with Gasteiger partial charge < -0.3 is 15.4 Å². The van der Waals surface area contributed by atoms with E-state index in [9.17, 15) is 14.4 Å². The van der Waals surface area contributed by atoms with E-state index in [2.05, 4.69) is 20.6 Å². The highest BCUT2D eigenvalue weighted by molar-refractivity contribution is 8.14. The van der Waals surface area contributed by atoms with E-state index in [-0.39, 0.29) is 42.4 Å². The zero-order valence-electron chi connectivity index (χ0n) is 21.2. The molecule has 2 aromatic carbocycles. The number of thioether (sulfide) groups is 1. The monoisotopic (exact) mass is 521 g/mol. The first-order chi connectivity index (χ1) is 17.9. The Labute approximate surface area is 220 Å². The van der Waals surface area contributed by atoms with Crippen molar-refractivity contribution in [3.63, 3.8) is 0 Å². The van der Waals surface area contributed by atoms with Gasteiger partial charge in [0.05, 0.1) is 18.6 Å². The zero-order valence-corrected chi connectivity index (χ0v) is 22.0. The van der Waals surface area contributed by atoms with Crippen molar-refractivity contribution in [1.82, 2.24) is 15.5 Å². The van der Waals surface area contributed by atoms with Crippen LogP contribution in [0.5, 0.6) is 5.75 Å². The van der Waals surface area contributed by atoms with Gasteiger partial charge in [0.2, 0.25) is 11.8 Å². The first-order valence-electron chi connectivity index (χ1n) is 12.3. The number of hydrogen-bond donors (Lipinski definition) is 2. The summed E-state index contributed by atoms with van der Waals surface area (Å²) < 4.78 is 5.15. The van der Waals surface area contributed by atoms with Crippen LogP contribution in [-0.2, 0) is 20.9 Å². The molecule has 10 heteroatoms. The van der Waals surface area contributed by atoms with E-state index in [0.29, 0.717) is 23.2 Å². The number of carbonyl (C=O) groups is 3. The van der Waals surface area contributed by atoms with Gasteiger partial charge >= 0.3 is 0 Å². The number of amidine groups is 2. The minimum absolute atomic E-state index is 0.0768. The Bertz CT molecular complexity index is 1230. The summed E-state index contributed by atoms with van der Waals surface area (Å²) in [7, 11) is 1.61. The number of nitrogens with one attached hydrogen (secondary N) is 2. The molecule has 0 bridgehead atoms. The van der Waals surface area contributed by atoms with Gasteiger partial charge in [-0.15, -0.1) is 0 Å². The first kappa shape index (κ1) is 26.4. The molecule has 2 aromatic rings. The van der Waals surface area contributed by atoms with Crippen LogP contribution in [-0.4, -0.2) is 58.6 Å². The Kier molecular flexibility index (Phi) is 8.60. The second-order valence-corrected chi connectivity index (χ2v) is 9.83. The van der Waals surface area contributed by atoms with Gasteiger partial charge in [-0.1, -0.05) is 43.0 Å². The van der Waals surface area contributed by atoms with Crippen molar-refractivity contribution in [3.8, 4) is 5.75 Å². The summed E-state index contributed by atoms with van der Waals surface area (Å²) in [6, 6.07) is 14.3. The third kappa shape index (κ3) is 6.37. The average molecular weight is 522 g/mol. The first-order valence-corrected chi connectivity index (χ1v) is 13.3. The summed E-state index contributed by atoms with van der Waals surface area (Å²) in [6.07, 6.45) is 1.28. The highest BCUT2D eigenvalue weighted by Gasteiger charge is 2.41. The number of ether oxygens (including phenoxy) is 1. The molecule has 2 aliphatic heterocycles. The number of amides is 3. The molecule has 0 aromatic heterocycles. The lowest BCUT2D eigenvalue weighted by Crippen LogP contribution is -2.42. The van der Waals surface area contributed by atoms with Gasteiger partial charge in [-0.25, -0.2) is 9.89 Å². The fraction of sp³-hybridized carbons (Fsp3) is 0.370. The van der Waals surface area contributed by atoms with Crippen LogP contribution in [0.2, 0.25) is 0 Å². The Hall–Kier alpha value is -3.66.